The normalized spacial score (nSPS) is 11.8. The second-order valence-electron chi connectivity index (χ2n) is 5.04. The minimum Gasteiger partial charge on any atom is -0.489 e. The van der Waals surface area contributed by atoms with E-state index in [-0.39, 0.29) is 37.4 Å². The van der Waals surface area contributed by atoms with Gasteiger partial charge in [-0.05, 0) is 24.6 Å². The average molecular weight is 415 g/mol. The second-order valence-corrected chi connectivity index (χ2v) is 7.43. The van der Waals surface area contributed by atoms with Crippen molar-refractivity contribution in [2.24, 2.45) is 0 Å². The zero-order valence-electron chi connectivity index (χ0n) is 13.6. The van der Waals surface area contributed by atoms with Gasteiger partial charge < -0.3 is 10.1 Å². The van der Waals surface area contributed by atoms with E-state index >= 15 is 0 Å². The van der Waals surface area contributed by atoms with Gasteiger partial charge in [-0.2, -0.15) is 13.2 Å². The first-order valence-electron chi connectivity index (χ1n) is 7.37. The molecule has 0 saturated carbocycles. The molecule has 0 atom stereocenters. The van der Waals surface area contributed by atoms with Gasteiger partial charge in [-0.1, -0.05) is 12.7 Å². The number of hydrogen-bond acceptors (Lipinski definition) is 4. The fraction of sp³-hybridized carbons (Fsp3) is 0.400. The van der Waals surface area contributed by atoms with Gasteiger partial charge in [0.05, 0.1) is 11.1 Å². The van der Waals surface area contributed by atoms with Gasteiger partial charge in [0.1, 0.15) is 17.6 Å². The lowest BCUT2D eigenvalue weighted by atomic mass is 10.1. The number of sulfonamides is 1. The third-order valence-corrected chi connectivity index (χ3v) is 4.81. The van der Waals surface area contributed by atoms with Crippen LogP contribution in [0, 0.1) is 0 Å². The van der Waals surface area contributed by atoms with E-state index < -0.39 is 32.9 Å². The Morgan fingerprint density at radius 3 is 2.58 bits per heavy atom. The number of rotatable bonds is 10. The summed E-state index contributed by atoms with van der Waals surface area (Å²) in [5.41, 5.74) is -1.26. The third kappa shape index (κ3) is 7.22. The molecular weight excluding hydrogens is 397 g/mol. The Balaban J connectivity index is 2.77. The van der Waals surface area contributed by atoms with E-state index in [9.17, 15) is 26.4 Å². The number of halogens is 4. The van der Waals surface area contributed by atoms with Crippen molar-refractivity contribution in [1.82, 2.24) is 10.0 Å². The van der Waals surface area contributed by atoms with Gasteiger partial charge in [0.2, 0.25) is 10.0 Å². The van der Waals surface area contributed by atoms with Gasteiger partial charge >= 0.3 is 6.18 Å². The summed E-state index contributed by atoms with van der Waals surface area (Å²) in [6, 6.07) is 2.58. The summed E-state index contributed by atoms with van der Waals surface area (Å²) >= 11 is 5.21. The molecule has 0 aliphatic rings. The van der Waals surface area contributed by atoms with Gasteiger partial charge in [-0.3, -0.25) is 4.79 Å². The van der Waals surface area contributed by atoms with Crippen LogP contribution in [0.25, 0.3) is 0 Å². The highest BCUT2D eigenvalue weighted by Gasteiger charge is 2.32. The van der Waals surface area contributed by atoms with Crippen molar-refractivity contribution >= 4 is 27.5 Å². The molecule has 0 aromatic heterocycles. The molecule has 11 heteroatoms. The van der Waals surface area contributed by atoms with Crippen LogP contribution in [0.5, 0.6) is 5.75 Å². The minimum atomic E-state index is -4.61. The van der Waals surface area contributed by atoms with Crippen LogP contribution < -0.4 is 14.8 Å². The van der Waals surface area contributed by atoms with Gasteiger partial charge in [0, 0.05) is 13.1 Å². The van der Waals surface area contributed by atoms with Gasteiger partial charge in [-0.25, -0.2) is 13.1 Å². The lowest BCUT2D eigenvalue weighted by molar-refractivity contribution is -0.137. The zero-order valence-corrected chi connectivity index (χ0v) is 15.2. The topological polar surface area (TPSA) is 84.5 Å². The molecule has 1 rings (SSSR count). The zero-order chi connectivity index (χ0) is 19.8. The maximum Gasteiger partial charge on any atom is 0.416 e. The average Bonchev–Trinajstić information content (AvgIpc) is 2.58. The van der Waals surface area contributed by atoms with Gasteiger partial charge in [-0.15, -0.1) is 11.6 Å². The number of hydrogen-bond donors (Lipinski definition) is 2. The molecule has 1 aromatic carbocycles. The number of benzene rings is 1. The maximum absolute atomic E-state index is 12.8. The summed E-state index contributed by atoms with van der Waals surface area (Å²) in [5.74, 6) is -0.784. The molecule has 0 spiro atoms. The quantitative estimate of drug-likeness (QED) is 0.350. The maximum atomic E-state index is 12.8. The summed E-state index contributed by atoms with van der Waals surface area (Å²) in [5, 5.41) is 1.83. The van der Waals surface area contributed by atoms with Crippen LogP contribution in [-0.4, -0.2) is 39.2 Å². The molecule has 0 fully saturated rings. The van der Waals surface area contributed by atoms with Crippen LogP contribution in [0.2, 0.25) is 0 Å². The lowest BCUT2D eigenvalue weighted by Crippen LogP contribution is -2.30. The number of carbonyl (C=O) groups is 1. The van der Waals surface area contributed by atoms with Crippen molar-refractivity contribution < 1.29 is 31.1 Å². The van der Waals surface area contributed by atoms with E-state index in [1.54, 1.807) is 0 Å². The molecule has 0 aliphatic heterocycles. The van der Waals surface area contributed by atoms with Crippen molar-refractivity contribution in [2.45, 2.75) is 12.6 Å². The van der Waals surface area contributed by atoms with Crippen molar-refractivity contribution in [2.75, 3.05) is 24.9 Å². The van der Waals surface area contributed by atoms with Crippen LogP contribution in [-0.2, 0) is 16.2 Å². The smallest absolute Gasteiger partial charge is 0.416 e. The molecule has 146 valence electrons. The predicted molar refractivity (Wildman–Crippen MR) is 91.7 cm³/mol. The van der Waals surface area contributed by atoms with Gasteiger partial charge in [0.25, 0.3) is 5.91 Å². The van der Waals surface area contributed by atoms with Crippen LogP contribution in [0.15, 0.2) is 30.9 Å². The Labute approximate surface area is 154 Å². The van der Waals surface area contributed by atoms with Crippen molar-refractivity contribution in [3.05, 3.63) is 42.0 Å². The number of amides is 1. The highest BCUT2D eigenvalue weighted by Crippen LogP contribution is 2.32. The largest absolute Gasteiger partial charge is 0.489 e. The number of nitrogens with one attached hydrogen (secondary N) is 2. The molecule has 0 saturated heterocycles. The molecule has 0 bridgehead atoms. The van der Waals surface area contributed by atoms with Crippen molar-refractivity contribution in [1.29, 1.82) is 0 Å². The standard InChI is InChI=1S/C15H18ClF3N2O4S/c1-2-8-25-13-5-4-11(15(17,18)19)9-12(13)14(22)20-6-3-7-21-26(23,24)10-16/h2,4-5,9,21H,1,3,6-8,10H2,(H,20,22). The van der Waals surface area contributed by atoms with E-state index in [4.69, 9.17) is 16.3 Å². The number of carbonyl (C=O) groups excluding carboxylic acids is 1. The predicted octanol–water partition coefficient (Wildman–Crippen LogP) is 2.51. The molecule has 1 amide bonds. The van der Waals surface area contributed by atoms with E-state index in [0.717, 1.165) is 12.1 Å². The molecule has 0 radical (unpaired) electrons. The minimum absolute atomic E-state index is 0.0155. The van der Waals surface area contributed by atoms with Crippen LogP contribution in [0.4, 0.5) is 13.2 Å². The Bertz CT molecular complexity index is 739. The van der Waals surface area contributed by atoms with E-state index in [1.165, 1.54) is 6.08 Å². The summed E-state index contributed by atoms with van der Waals surface area (Å²) in [6.07, 6.45) is -2.99. The third-order valence-electron chi connectivity index (χ3n) is 3.01. The first kappa shape index (κ1) is 22.3. The first-order chi connectivity index (χ1) is 12.1. The summed E-state index contributed by atoms with van der Waals surface area (Å²) in [7, 11) is -3.56. The highest BCUT2D eigenvalue weighted by atomic mass is 35.5. The van der Waals surface area contributed by atoms with Crippen LogP contribution in [0.3, 0.4) is 0 Å². The number of alkyl halides is 4. The Morgan fingerprint density at radius 2 is 2.00 bits per heavy atom. The Hall–Kier alpha value is -1.78. The molecule has 0 aliphatic carbocycles. The lowest BCUT2D eigenvalue weighted by Gasteiger charge is -2.14. The van der Waals surface area contributed by atoms with Crippen molar-refractivity contribution in [3.63, 3.8) is 0 Å². The van der Waals surface area contributed by atoms with Gasteiger partial charge in [0.15, 0.2) is 0 Å². The van der Waals surface area contributed by atoms with E-state index in [1.807, 2.05) is 0 Å². The summed E-state index contributed by atoms with van der Waals surface area (Å²) in [6.45, 7) is 3.52. The summed E-state index contributed by atoms with van der Waals surface area (Å²) < 4.78 is 68.2. The second kappa shape index (κ2) is 9.79. The fourth-order valence-corrected chi connectivity index (χ4v) is 2.57. The highest BCUT2D eigenvalue weighted by molar-refractivity contribution is 7.90. The molecule has 0 heterocycles. The molecule has 1 aromatic rings. The summed E-state index contributed by atoms with van der Waals surface area (Å²) in [4.78, 5) is 12.2. The number of ether oxygens (including phenoxy) is 1. The monoisotopic (exact) mass is 414 g/mol. The SMILES string of the molecule is C=CCOc1ccc(C(F)(F)F)cc1C(=O)NCCCNS(=O)(=O)CCl. The Kier molecular flexibility index (Phi) is 8.38. The van der Waals surface area contributed by atoms with E-state index in [2.05, 4.69) is 16.6 Å². The van der Waals surface area contributed by atoms with E-state index in [0.29, 0.717) is 6.07 Å². The first-order valence-corrected chi connectivity index (χ1v) is 9.56. The molecule has 2 N–H and O–H groups in total. The van der Waals surface area contributed by atoms with Crippen LogP contribution in [0.1, 0.15) is 22.3 Å². The molecule has 0 unspecified atom stereocenters. The molecule has 6 nitrogen and oxygen atoms in total. The molecule has 26 heavy (non-hydrogen) atoms. The fourth-order valence-electron chi connectivity index (χ4n) is 1.81. The van der Waals surface area contributed by atoms with Crippen LogP contribution >= 0.6 is 11.6 Å². The Morgan fingerprint density at radius 1 is 1.31 bits per heavy atom. The van der Waals surface area contributed by atoms with Crippen molar-refractivity contribution in [3.8, 4) is 5.75 Å². The molecular formula is C15H18ClF3N2O4S.